The van der Waals surface area contributed by atoms with E-state index >= 15 is 0 Å². The monoisotopic (exact) mass is 572 g/mol. The Hall–Kier alpha value is -4.43. The summed E-state index contributed by atoms with van der Waals surface area (Å²) in [6.45, 7) is 2.18. The highest BCUT2D eigenvalue weighted by molar-refractivity contribution is 6.00. The molecule has 8 nitrogen and oxygen atoms in total. The number of rotatable bonds is 2. The van der Waals surface area contributed by atoms with Crippen LogP contribution in [-0.4, -0.2) is 55.6 Å². The van der Waals surface area contributed by atoms with E-state index < -0.39 is 0 Å². The number of fused-ring (bicyclic) bond motifs is 11. The number of methoxy groups -OCH3 is 1. The van der Waals surface area contributed by atoms with Crippen molar-refractivity contribution in [1.29, 1.82) is 0 Å². The molecule has 218 valence electrons. The molecule has 0 spiro atoms. The summed E-state index contributed by atoms with van der Waals surface area (Å²) in [6, 6.07) is 19.0. The first-order valence-corrected chi connectivity index (χ1v) is 15.4. The molecule has 3 aliphatic rings. The fourth-order valence-electron chi connectivity index (χ4n) is 7.53. The lowest BCUT2D eigenvalue weighted by Crippen LogP contribution is -2.41. The number of carbonyl (C=O) groups is 1. The van der Waals surface area contributed by atoms with Gasteiger partial charge in [0, 0.05) is 48.9 Å². The fourth-order valence-corrected chi connectivity index (χ4v) is 7.53. The number of benzene rings is 2. The highest BCUT2D eigenvalue weighted by Crippen LogP contribution is 2.39. The average molecular weight is 573 g/mol. The lowest BCUT2D eigenvalue weighted by Gasteiger charge is -2.27. The quantitative estimate of drug-likeness (QED) is 0.286. The third kappa shape index (κ3) is 4.35. The Morgan fingerprint density at radius 1 is 1.05 bits per heavy atom. The van der Waals surface area contributed by atoms with Crippen molar-refractivity contribution >= 4 is 34.1 Å². The molecule has 2 aliphatic heterocycles. The van der Waals surface area contributed by atoms with Gasteiger partial charge in [-0.2, -0.15) is 0 Å². The van der Waals surface area contributed by atoms with Crippen molar-refractivity contribution in [3.8, 4) is 17.3 Å². The SMILES string of the molecule is COc1cc(C(=O)N2C[C@H]3CC[C@@H]2[C@@H]3N)cc2nc3n(c12)Cc1cccc(c1)/C=C\CCCCn1c-3cc2cccnc21. The minimum atomic E-state index is 0.00939. The van der Waals surface area contributed by atoms with Crippen molar-refractivity contribution in [2.75, 3.05) is 13.7 Å². The van der Waals surface area contributed by atoms with Crippen LogP contribution in [0.4, 0.5) is 0 Å². The van der Waals surface area contributed by atoms with Crippen LogP contribution in [0.15, 0.2) is 66.9 Å². The lowest BCUT2D eigenvalue weighted by atomic mass is 10.1. The molecule has 43 heavy (non-hydrogen) atoms. The molecule has 3 atom stereocenters. The van der Waals surface area contributed by atoms with E-state index in [1.54, 1.807) is 7.11 Å². The van der Waals surface area contributed by atoms with Crippen LogP contribution in [0, 0.1) is 5.92 Å². The van der Waals surface area contributed by atoms with E-state index in [-0.39, 0.29) is 18.0 Å². The van der Waals surface area contributed by atoms with Crippen molar-refractivity contribution < 1.29 is 9.53 Å². The molecule has 5 aromatic rings. The molecule has 1 amide bonds. The second kappa shape index (κ2) is 10.4. The van der Waals surface area contributed by atoms with E-state index in [0.29, 0.717) is 23.8 Å². The molecule has 1 saturated heterocycles. The van der Waals surface area contributed by atoms with Gasteiger partial charge in [-0.3, -0.25) is 4.79 Å². The number of aryl methyl sites for hydroxylation is 1. The Morgan fingerprint density at radius 3 is 2.81 bits per heavy atom. The first-order valence-electron chi connectivity index (χ1n) is 15.4. The number of aromatic nitrogens is 4. The molecular formula is C35H36N6O2. The largest absolute Gasteiger partial charge is 0.494 e. The van der Waals surface area contributed by atoms with Crippen LogP contribution in [0.3, 0.4) is 0 Å². The van der Waals surface area contributed by atoms with E-state index in [9.17, 15) is 4.79 Å². The molecule has 0 unspecified atom stereocenters. The predicted octanol–water partition coefficient (Wildman–Crippen LogP) is 5.87. The number of ether oxygens (including phenoxy) is 1. The Balaban J connectivity index is 1.33. The first-order chi connectivity index (χ1) is 21.1. The molecule has 5 heterocycles. The number of likely N-dealkylation sites (tertiary alicyclic amines) is 1. The van der Waals surface area contributed by atoms with Gasteiger partial charge in [0.25, 0.3) is 5.91 Å². The van der Waals surface area contributed by atoms with Gasteiger partial charge >= 0.3 is 0 Å². The molecule has 2 fully saturated rings. The van der Waals surface area contributed by atoms with Gasteiger partial charge in [0.2, 0.25) is 0 Å². The Kier molecular flexibility index (Phi) is 6.33. The minimum absolute atomic E-state index is 0.00939. The average Bonchev–Trinajstić information content (AvgIpc) is 3.77. The summed E-state index contributed by atoms with van der Waals surface area (Å²) in [5.41, 5.74) is 13.0. The molecule has 4 bridgehead atoms. The zero-order valence-electron chi connectivity index (χ0n) is 24.4. The van der Waals surface area contributed by atoms with Crippen molar-refractivity contribution in [3.05, 3.63) is 83.6 Å². The number of imidazole rings is 1. The summed E-state index contributed by atoms with van der Waals surface area (Å²) in [7, 11) is 1.67. The number of allylic oxidation sites excluding steroid dienone is 1. The molecule has 2 aromatic carbocycles. The number of amides is 1. The second-order valence-corrected chi connectivity index (χ2v) is 12.2. The summed E-state index contributed by atoms with van der Waals surface area (Å²) >= 11 is 0. The Bertz CT molecular complexity index is 1900. The molecule has 3 aromatic heterocycles. The molecule has 8 rings (SSSR count). The summed E-state index contributed by atoms with van der Waals surface area (Å²) in [5.74, 6) is 1.89. The third-order valence-electron chi connectivity index (χ3n) is 9.68. The number of hydrogen-bond acceptors (Lipinski definition) is 5. The number of hydrogen-bond donors (Lipinski definition) is 1. The number of pyridine rings is 1. The van der Waals surface area contributed by atoms with Crippen LogP contribution in [-0.2, 0) is 13.1 Å². The van der Waals surface area contributed by atoms with Crippen LogP contribution in [0.5, 0.6) is 5.75 Å². The van der Waals surface area contributed by atoms with E-state index in [4.69, 9.17) is 20.4 Å². The highest BCUT2D eigenvalue weighted by Gasteiger charge is 2.47. The van der Waals surface area contributed by atoms with Gasteiger partial charge in [-0.15, -0.1) is 0 Å². The predicted molar refractivity (Wildman–Crippen MR) is 169 cm³/mol. The van der Waals surface area contributed by atoms with Crippen LogP contribution in [0.1, 0.15) is 53.6 Å². The van der Waals surface area contributed by atoms with Crippen molar-refractivity contribution in [1.82, 2.24) is 24.0 Å². The fraction of sp³-hybridized carbons (Fsp3) is 0.343. The van der Waals surface area contributed by atoms with E-state index in [2.05, 4.69) is 57.7 Å². The van der Waals surface area contributed by atoms with E-state index in [0.717, 1.165) is 78.8 Å². The van der Waals surface area contributed by atoms with Crippen LogP contribution in [0.25, 0.3) is 39.7 Å². The summed E-state index contributed by atoms with van der Waals surface area (Å²) in [4.78, 5) is 25.9. The molecule has 1 saturated carbocycles. The summed E-state index contributed by atoms with van der Waals surface area (Å²) < 4.78 is 10.6. The van der Waals surface area contributed by atoms with Crippen LogP contribution in [0.2, 0.25) is 0 Å². The summed E-state index contributed by atoms with van der Waals surface area (Å²) in [5, 5.41) is 1.09. The molecule has 2 N–H and O–H groups in total. The van der Waals surface area contributed by atoms with Gasteiger partial charge in [-0.1, -0.05) is 30.4 Å². The van der Waals surface area contributed by atoms with Gasteiger partial charge in [-0.05, 0) is 85.5 Å². The summed E-state index contributed by atoms with van der Waals surface area (Å²) in [6.07, 6.45) is 11.6. The minimum Gasteiger partial charge on any atom is -0.494 e. The van der Waals surface area contributed by atoms with Gasteiger partial charge in [0.05, 0.1) is 18.3 Å². The number of nitrogens with two attached hydrogens (primary N) is 1. The smallest absolute Gasteiger partial charge is 0.254 e. The number of carbonyl (C=O) groups excluding carboxylic acids is 1. The number of nitrogens with zero attached hydrogens (tertiary/aromatic N) is 5. The standard InChI is InChI=1S/C35H36N6O2/c1-43-30-19-26(35(42)40-21-25-12-13-28(40)31(25)36)17-27-32(30)41-20-23-10-6-9-22(16-23)8-4-2-3-5-15-39-29(34(41)38-27)18-24-11-7-14-37-33(24)39/h4,6-11,14,16-19,25,28,31H,2-3,5,12-13,15,20-21,36H2,1H3/b8-4-/t25-,28-,31-/m1/s1. The van der Waals surface area contributed by atoms with Gasteiger partial charge in [0.15, 0.2) is 5.82 Å². The van der Waals surface area contributed by atoms with Crippen molar-refractivity contribution in [2.45, 2.75) is 57.3 Å². The Morgan fingerprint density at radius 2 is 1.98 bits per heavy atom. The van der Waals surface area contributed by atoms with Crippen LogP contribution >= 0.6 is 0 Å². The lowest BCUT2D eigenvalue weighted by molar-refractivity contribution is 0.0700. The second-order valence-electron chi connectivity index (χ2n) is 12.2. The van der Waals surface area contributed by atoms with E-state index in [1.807, 2.05) is 29.3 Å². The first kappa shape index (κ1) is 26.2. The zero-order valence-corrected chi connectivity index (χ0v) is 24.4. The maximum atomic E-state index is 13.9. The van der Waals surface area contributed by atoms with E-state index in [1.165, 1.54) is 11.1 Å². The molecular weight excluding hydrogens is 536 g/mol. The molecule has 1 aliphatic carbocycles. The normalized spacial score (nSPS) is 22.4. The maximum Gasteiger partial charge on any atom is 0.254 e. The van der Waals surface area contributed by atoms with Crippen LogP contribution < -0.4 is 10.5 Å². The number of piperidine rings is 1. The maximum absolute atomic E-state index is 13.9. The van der Waals surface area contributed by atoms with Gasteiger partial charge in [0.1, 0.15) is 16.9 Å². The third-order valence-corrected chi connectivity index (χ3v) is 9.68. The molecule has 0 radical (unpaired) electrons. The van der Waals surface area contributed by atoms with Gasteiger partial charge in [-0.25, -0.2) is 9.97 Å². The molecule has 8 heteroatoms. The Labute approximate surface area is 250 Å². The van der Waals surface area contributed by atoms with Gasteiger partial charge < -0.3 is 24.5 Å². The topological polar surface area (TPSA) is 91.2 Å². The van der Waals surface area contributed by atoms with Crippen molar-refractivity contribution in [2.24, 2.45) is 11.7 Å². The highest BCUT2D eigenvalue weighted by atomic mass is 16.5. The van der Waals surface area contributed by atoms with Crippen molar-refractivity contribution in [3.63, 3.8) is 0 Å². The zero-order chi connectivity index (χ0) is 29.1.